The molecule has 3 nitrogen and oxygen atoms in total. The van der Waals surface area contributed by atoms with Gasteiger partial charge in [0.25, 0.3) is 0 Å². The zero-order chi connectivity index (χ0) is 14.9. The fourth-order valence-corrected chi connectivity index (χ4v) is 3.43. The van der Waals surface area contributed by atoms with Crippen LogP contribution in [0.1, 0.15) is 48.5 Å². The van der Waals surface area contributed by atoms with Gasteiger partial charge < -0.3 is 10.2 Å². The van der Waals surface area contributed by atoms with E-state index in [9.17, 15) is 15.0 Å². The van der Waals surface area contributed by atoms with Crippen LogP contribution < -0.4 is 0 Å². The van der Waals surface area contributed by atoms with Crippen LogP contribution in [0.4, 0.5) is 0 Å². The van der Waals surface area contributed by atoms with E-state index in [-0.39, 0.29) is 5.92 Å². The van der Waals surface area contributed by atoms with Crippen LogP contribution in [0.25, 0.3) is 0 Å². The van der Waals surface area contributed by atoms with E-state index in [0.717, 1.165) is 30.4 Å². The first-order valence-electron chi connectivity index (χ1n) is 7.09. The van der Waals surface area contributed by atoms with Gasteiger partial charge in [0.1, 0.15) is 0 Å². The number of carboxylic acid groups (broad SMARTS) is 1. The molecule has 4 heteroatoms. The fraction of sp³-hybridized carbons (Fsp3) is 0.562. The first-order chi connectivity index (χ1) is 9.41. The largest absolute Gasteiger partial charge is 0.481 e. The van der Waals surface area contributed by atoms with E-state index in [1.54, 1.807) is 0 Å². The number of hydrogen-bond acceptors (Lipinski definition) is 2. The lowest BCUT2D eigenvalue weighted by Gasteiger charge is -2.33. The number of aliphatic hydroxyl groups excluding tert-OH is 1. The van der Waals surface area contributed by atoms with Gasteiger partial charge in [-0.25, -0.2) is 0 Å². The van der Waals surface area contributed by atoms with Gasteiger partial charge in [0.15, 0.2) is 0 Å². The van der Waals surface area contributed by atoms with Crippen LogP contribution in [0.2, 0.25) is 5.02 Å². The van der Waals surface area contributed by atoms with Crippen LogP contribution in [0.5, 0.6) is 0 Å². The molecular formula is C16H21ClO3. The summed E-state index contributed by atoms with van der Waals surface area (Å²) in [7, 11) is 0. The minimum absolute atomic E-state index is 0.249. The van der Waals surface area contributed by atoms with Crippen LogP contribution in [0, 0.1) is 25.7 Å². The standard InChI is InChI=1S/C16H21ClO3/c1-9-7-13(14(17)8-10(9)2)15(18)11-5-3-4-6-12(11)16(19)20/h7-8,11-12,15,18H,3-6H2,1-2H3,(H,19,20). The number of aryl methyl sites for hydroxylation is 2. The highest BCUT2D eigenvalue weighted by molar-refractivity contribution is 6.31. The third-order valence-electron chi connectivity index (χ3n) is 4.47. The second-order valence-electron chi connectivity index (χ2n) is 5.80. The van der Waals surface area contributed by atoms with E-state index in [4.69, 9.17) is 11.6 Å². The molecule has 0 aromatic heterocycles. The van der Waals surface area contributed by atoms with Crippen molar-refractivity contribution in [2.45, 2.75) is 45.6 Å². The van der Waals surface area contributed by atoms with Crippen LogP contribution >= 0.6 is 11.6 Å². The maximum Gasteiger partial charge on any atom is 0.306 e. The molecule has 2 N–H and O–H groups in total. The number of benzene rings is 1. The van der Waals surface area contributed by atoms with Crippen molar-refractivity contribution in [3.63, 3.8) is 0 Å². The van der Waals surface area contributed by atoms with E-state index >= 15 is 0 Å². The molecule has 2 rings (SSSR count). The molecule has 3 atom stereocenters. The van der Waals surface area contributed by atoms with Gasteiger partial charge in [-0.3, -0.25) is 4.79 Å². The lowest BCUT2D eigenvalue weighted by atomic mass is 9.74. The van der Waals surface area contributed by atoms with Crippen molar-refractivity contribution < 1.29 is 15.0 Å². The average Bonchev–Trinajstić information content (AvgIpc) is 2.42. The van der Waals surface area contributed by atoms with Crippen LogP contribution in [-0.4, -0.2) is 16.2 Å². The number of carbonyl (C=O) groups is 1. The second-order valence-corrected chi connectivity index (χ2v) is 6.20. The zero-order valence-electron chi connectivity index (χ0n) is 11.9. The van der Waals surface area contributed by atoms with E-state index in [2.05, 4.69) is 0 Å². The summed E-state index contributed by atoms with van der Waals surface area (Å²) in [5.74, 6) is -1.54. The smallest absolute Gasteiger partial charge is 0.306 e. The lowest BCUT2D eigenvalue weighted by molar-refractivity contribution is -0.147. The van der Waals surface area contributed by atoms with Crippen molar-refractivity contribution >= 4 is 17.6 Å². The van der Waals surface area contributed by atoms with Gasteiger partial charge in [-0.05, 0) is 49.4 Å². The number of aliphatic hydroxyl groups is 1. The molecular weight excluding hydrogens is 276 g/mol. The Morgan fingerprint density at radius 2 is 1.85 bits per heavy atom. The van der Waals surface area contributed by atoms with E-state index in [1.165, 1.54) is 0 Å². The van der Waals surface area contributed by atoms with Crippen molar-refractivity contribution in [1.29, 1.82) is 0 Å². The van der Waals surface area contributed by atoms with E-state index < -0.39 is 18.0 Å². The Balaban J connectivity index is 2.32. The Morgan fingerprint density at radius 1 is 1.25 bits per heavy atom. The third kappa shape index (κ3) is 2.99. The van der Waals surface area contributed by atoms with Gasteiger partial charge in [0.2, 0.25) is 0 Å². The van der Waals surface area contributed by atoms with Crippen LogP contribution in [0.15, 0.2) is 12.1 Å². The normalized spacial score (nSPS) is 24.4. The highest BCUT2D eigenvalue weighted by Gasteiger charge is 2.36. The highest BCUT2D eigenvalue weighted by atomic mass is 35.5. The van der Waals surface area contributed by atoms with Crippen molar-refractivity contribution in [2.24, 2.45) is 11.8 Å². The van der Waals surface area contributed by atoms with Gasteiger partial charge >= 0.3 is 5.97 Å². The summed E-state index contributed by atoms with van der Waals surface area (Å²) in [6, 6.07) is 3.73. The molecule has 0 saturated heterocycles. The van der Waals surface area contributed by atoms with Gasteiger partial charge in [-0.2, -0.15) is 0 Å². The molecule has 0 heterocycles. The molecule has 1 aliphatic rings. The van der Waals surface area contributed by atoms with Crippen LogP contribution in [-0.2, 0) is 4.79 Å². The maximum absolute atomic E-state index is 11.4. The Kier molecular flexibility index (Phi) is 4.71. The Bertz CT molecular complexity index is 513. The summed E-state index contributed by atoms with van der Waals surface area (Å²) in [5, 5.41) is 20.5. The molecule has 1 aromatic rings. The monoisotopic (exact) mass is 296 g/mol. The molecule has 110 valence electrons. The maximum atomic E-state index is 11.4. The number of carboxylic acids is 1. The fourth-order valence-electron chi connectivity index (χ4n) is 3.10. The molecule has 3 unspecified atom stereocenters. The molecule has 0 amide bonds. The molecule has 0 spiro atoms. The van der Waals surface area contributed by atoms with Gasteiger partial charge in [-0.1, -0.05) is 30.5 Å². The van der Waals surface area contributed by atoms with Crippen LogP contribution in [0.3, 0.4) is 0 Å². The van der Waals surface area contributed by atoms with Gasteiger partial charge in [0.05, 0.1) is 12.0 Å². The molecule has 1 saturated carbocycles. The van der Waals surface area contributed by atoms with Crippen molar-refractivity contribution in [3.8, 4) is 0 Å². The van der Waals surface area contributed by atoms with E-state index in [0.29, 0.717) is 17.0 Å². The zero-order valence-corrected chi connectivity index (χ0v) is 12.7. The molecule has 1 fully saturated rings. The van der Waals surface area contributed by atoms with Gasteiger partial charge in [-0.15, -0.1) is 0 Å². The van der Waals surface area contributed by atoms with E-state index in [1.807, 2.05) is 26.0 Å². The third-order valence-corrected chi connectivity index (χ3v) is 4.80. The summed E-state index contributed by atoms with van der Waals surface area (Å²) >= 11 is 6.24. The number of rotatable bonds is 3. The first kappa shape index (κ1) is 15.3. The summed E-state index contributed by atoms with van der Waals surface area (Å²) in [5.41, 5.74) is 2.79. The summed E-state index contributed by atoms with van der Waals surface area (Å²) < 4.78 is 0. The first-order valence-corrected chi connectivity index (χ1v) is 7.47. The number of aliphatic carboxylic acids is 1. The lowest BCUT2D eigenvalue weighted by Crippen LogP contribution is -2.31. The average molecular weight is 297 g/mol. The summed E-state index contributed by atoms with van der Waals surface area (Å²) in [4.78, 5) is 11.4. The Morgan fingerprint density at radius 3 is 2.50 bits per heavy atom. The SMILES string of the molecule is Cc1cc(Cl)c(C(O)C2CCCCC2C(=O)O)cc1C. The molecule has 0 radical (unpaired) electrons. The Labute approximate surface area is 124 Å². The van der Waals surface area contributed by atoms with Crippen molar-refractivity contribution in [3.05, 3.63) is 33.8 Å². The second kappa shape index (κ2) is 6.15. The Hall–Kier alpha value is -1.06. The van der Waals surface area contributed by atoms with Crippen molar-refractivity contribution in [1.82, 2.24) is 0 Å². The predicted octanol–water partition coefficient (Wildman–Crippen LogP) is 3.88. The number of hydrogen-bond donors (Lipinski definition) is 2. The van der Waals surface area contributed by atoms with Crippen molar-refractivity contribution in [2.75, 3.05) is 0 Å². The summed E-state index contributed by atoms with van der Waals surface area (Å²) in [6.07, 6.45) is 2.46. The molecule has 0 aliphatic heterocycles. The quantitative estimate of drug-likeness (QED) is 0.890. The molecule has 1 aliphatic carbocycles. The minimum atomic E-state index is -0.811. The molecule has 0 bridgehead atoms. The molecule has 20 heavy (non-hydrogen) atoms. The molecule has 1 aromatic carbocycles. The predicted molar refractivity (Wildman–Crippen MR) is 79.0 cm³/mol. The number of halogens is 1. The van der Waals surface area contributed by atoms with Gasteiger partial charge in [0, 0.05) is 10.9 Å². The highest BCUT2D eigenvalue weighted by Crippen LogP contribution is 2.41. The summed E-state index contributed by atoms with van der Waals surface area (Å²) in [6.45, 7) is 3.94. The topological polar surface area (TPSA) is 57.5 Å². The minimum Gasteiger partial charge on any atom is -0.481 e.